The van der Waals surface area contributed by atoms with Crippen molar-refractivity contribution in [1.82, 2.24) is 9.97 Å². The Morgan fingerprint density at radius 1 is 1.45 bits per heavy atom. The SMILES string of the molecule is CCC1COCCN1c1cc(C(F)(F)F)nc(NC)n1. The Hall–Kier alpha value is -1.57. The molecule has 0 saturated carbocycles. The van der Waals surface area contributed by atoms with Crippen LogP contribution >= 0.6 is 0 Å². The number of nitrogens with one attached hydrogen (secondary N) is 1. The molecular weight excluding hydrogens is 273 g/mol. The van der Waals surface area contributed by atoms with E-state index in [0.29, 0.717) is 19.8 Å². The van der Waals surface area contributed by atoms with Crippen LogP contribution in [-0.2, 0) is 10.9 Å². The van der Waals surface area contributed by atoms with Gasteiger partial charge >= 0.3 is 6.18 Å². The van der Waals surface area contributed by atoms with Crippen LogP contribution in [0, 0.1) is 0 Å². The molecule has 0 amide bonds. The summed E-state index contributed by atoms with van der Waals surface area (Å²) in [7, 11) is 1.50. The summed E-state index contributed by atoms with van der Waals surface area (Å²) in [5, 5.41) is 2.57. The van der Waals surface area contributed by atoms with E-state index in [9.17, 15) is 13.2 Å². The highest BCUT2D eigenvalue weighted by Gasteiger charge is 2.35. The van der Waals surface area contributed by atoms with Gasteiger partial charge in [0, 0.05) is 19.7 Å². The lowest BCUT2D eigenvalue weighted by Gasteiger charge is -2.36. The third-order valence-electron chi connectivity index (χ3n) is 3.22. The Labute approximate surface area is 115 Å². The zero-order valence-electron chi connectivity index (χ0n) is 11.4. The Kier molecular flexibility index (Phi) is 4.32. The molecule has 2 heterocycles. The third kappa shape index (κ3) is 3.12. The Balaban J connectivity index is 2.39. The van der Waals surface area contributed by atoms with Gasteiger partial charge < -0.3 is 15.0 Å². The molecule has 1 aliphatic rings. The molecule has 1 N–H and O–H groups in total. The number of morpholine rings is 1. The zero-order chi connectivity index (χ0) is 14.8. The first-order chi connectivity index (χ1) is 9.45. The van der Waals surface area contributed by atoms with E-state index in [1.165, 1.54) is 7.05 Å². The fourth-order valence-electron chi connectivity index (χ4n) is 2.13. The topological polar surface area (TPSA) is 50.3 Å². The lowest BCUT2D eigenvalue weighted by molar-refractivity contribution is -0.141. The summed E-state index contributed by atoms with van der Waals surface area (Å²) in [5.74, 6) is 0.253. The van der Waals surface area contributed by atoms with Crippen LogP contribution in [0.5, 0.6) is 0 Å². The number of hydrogen-bond acceptors (Lipinski definition) is 5. The number of nitrogens with zero attached hydrogens (tertiary/aromatic N) is 3. The molecule has 0 aromatic carbocycles. The van der Waals surface area contributed by atoms with Gasteiger partial charge in [-0.15, -0.1) is 0 Å². The largest absolute Gasteiger partial charge is 0.433 e. The second kappa shape index (κ2) is 5.82. The minimum absolute atomic E-state index is 0.0313. The van der Waals surface area contributed by atoms with Crippen molar-refractivity contribution in [3.8, 4) is 0 Å². The summed E-state index contributed by atoms with van der Waals surface area (Å²) < 4.78 is 44.0. The van der Waals surface area contributed by atoms with Gasteiger partial charge in [-0.05, 0) is 6.42 Å². The quantitative estimate of drug-likeness (QED) is 0.924. The van der Waals surface area contributed by atoms with Crippen LogP contribution in [0.1, 0.15) is 19.0 Å². The summed E-state index contributed by atoms with van der Waals surface area (Å²) in [6.07, 6.45) is -3.71. The van der Waals surface area contributed by atoms with Gasteiger partial charge in [-0.25, -0.2) is 4.98 Å². The van der Waals surface area contributed by atoms with Crippen molar-refractivity contribution in [3.05, 3.63) is 11.8 Å². The molecule has 0 bridgehead atoms. The van der Waals surface area contributed by atoms with Crippen molar-refractivity contribution in [2.45, 2.75) is 25.6 Å². The lowest BCUT2D eigenvalue weighted by atomic mass is 10.1. The van der Waals surface area contributed by atoms with Gasteiger partial charge in [-0.1, -0.05) is 6.92 Å². The van der Waals surface area contributed by atoms with Gasteiger partial charge in [0.2, 0.25) is 5.95 Å². The van der Waals surface area contributed by atoms with E-state index in [1.807, 2.05) is 11.8 Å². The van der Waals surface area contributed by atoms with E-state index in [1.54, 1.807) is 0 Å². The van der Waals surface area contributed by atoms with Gasteiger partial charge in [0.05, 0.1) is 19.3 Å². The maximum absolute atomic E-state index is 12.9. The summed E-state index contributed by atoms with van der Waals surface area (Å²) in [4.78, 5) is 9.45. The fraction of sp³-hybridized carbons (Fsp3) is 0.667. The van der Waals surface area contributed by atoms with Crippen LogP contribution < -0.4 is 10.2 Å². The van der Waals surface area contributed by atoms with E-state index < -0.39 is 11.9 Å². The maximum Gasteiger partial charge on any atom is 0.433 e. The van der Waals surface area contributed by atoms with Crippen molar-refractivity contribution >= 4 is 11.8 Å². The van der Waals surface area contributed by atoms with Crippen molar-refractivity contribution in [2.24, 2.45) is 0 Å². The smallest absolute Gasteiger partial charge is 0.377 e. The second-order valence-electron chi connectivity index (χ2n) is 4.51. The average Bonchev–Trinajstić information content (AvgIpc) is 2.45. The van der Waals surface area contributed by atoms with Gasteiger partial charge in [0.15, 0.2) is 5.69 Å². The number of rotatable bonds is 3. The van der Waals surface area contributed by atoms with Crippen molar-refractivity contribution < 1.29 is 17.9 Å². The summed E-state index contributed by atoms with van der Waals surface area (Å²) in [5.41, 5.74) is -0.937. The first-order valence-corrected chi connectivity index (χ1v) is 6.44. The molecule has 0 radical (unpaired) electrons. The molecule has 112 valence electrons. The number of alkyl halides is 3. The summed E-state index contributed by atoms with van der Waals surface area (Å²) in [6.45, 7) is 3.47. The van der Waals surface area contributed by atoms with Crippen molar-refractivity contribution in [2.75, 3.05) is 37.0 Å². The molecule has 8 heteroatoms. The van der Waals surface area contributed by atoms with Crippen molar-refractivity contribution in [3.63, 3.8) is 0 Å². The number of aromatic nitrogens is 2. The van der Waals surface area contributed by atoms with E-state index in [-0.39, 0.29) is 17.8 Å². The van der Waals surface area contributed by atoms with Crippen molar-refractivity contribution in [1.29, 1.82) is 0 Å². The molecule has 5 nitrogen and oxygen atoms in total. The third-order valence-corrected chi connectivity index (χ3v) is 3.22. The van der Waals surface area contributed by atoms with Crippen LogP contribution in [0.4, 0.5) is 24.9 Å². The van der Waals surface area contributed by atoms with E-state index in [0.717, 1.165) is 12.5 Å². The Bertz CT molecular complexity index is 467. The average molecular weight is 290 g/mol. The molecule has 1 fully saturated rings. The lowest BCUT2D eigenvalue weighted by Crippen LogP contribution is -2.45. The highest BCUT2D eigenvalue weighted by Crippen LogP contribution is 2.31. The molecule has 1 aliphatic heterocycles. The minimum Gasteiger partial charge on any atom is -0.377 e. The first-order valence-electron chi connectivity index (χ1n) is 6.44. The van der Waals surface area contributed by atoms with Crippen LogP contribution in [0.25, 0.3) is 0 Å². The predicted molar refractivity (Wildman–Crippen MR) is 68.8 cm³/mol. The van der Waals surface area contributed by atoms with Gasteiger partial charge in [-0.2, -0.15) is 18.2 Å². The van der Waals surface area contributed by atoms with Crippen LogP contribution in [0.15, 0.2) is 6.07 Å². The zero-order valence-corrected chi connectivity index (χ0v) is 11.4. The summed E-state index contributed by atoms with van der Waals surface area (Å²) in [6, 6.07) is 1.03. The number of halogens is 3. The maximum atomic E-state index is 12.9. The first kappa shape index (κ1) is 14.8. The van der Waals surface area contributed by atoms with E-state index >= 15 is 0 Å². The standard InChI is InChI=1S/C12H17F3N4O/c1-3-8-7-20-5-4-19(8)10-6-9(12(13,14)15)17-11(16-2)18-10/h6,8H,3-5,7H2,1-2H3,(H,16,17,18). The highest BCUT2D eigenvalue weighted by molar-refractivity contribution is 5.46. The molecule has 1 saturated heterocycles. The monoisotopic (exact) mass is 290 g/mol. The molecule has 20 heavy (non-hydrogen) atoms. The molecule has 0 spiro atoms. The number of anilines is 2. The molecule has 1 aromatic heterocycles. The van der Waals surface area contributed by atoms with E-state index in [2.05, 4.69) is 15.3 Å². The van der Waals surface area contributed by atoms with Gasteiger partial charge in [-0.3, -0.25) is 0 Å². The molecule has 2 rings (SSSR count). The minimum atomic E-state index is -4.49. The number of ether oxygens (including phenoxy) is 1. The highest BCUT2D eigenvalue weighted by atomic mass is 19.4. The second-order valence-corrected chi connectivity index (χ2v) is 4.51. The molecule has 1 atom stereocenters. The predicted octanol–water partition coefficient (Wildman–Crippen LogP) is 2.15. The number of hydrogen-bond donors (Lipinski definition) is 1. The Morgan fingerprint density at radius 2 is 2.20 bits per heavy atom. The molecule has 1 aromatic rings. The van der Waals surface area contributed by atoms with Gasteiger partial charge in [0.1, 0.15) is 5.82 Å². The van der Waals surface area contributed by atoms with Crippen LogP contribution in [0.2, 0.25) is 0 Å². The summed E-state index contributed by atoms with van der Waals surface area (Å²) >= 11 is 0. The normalized spacial score (nSPS) is 20.1. The fourth-order valence-corrected chi connectivity index (χ4v) is 2.13. The molecule has 0 aliphatic carbocycles. The van der Waals surface area contributed by atoms with Crippen LogP contribution in [-0.4, -0.2) is 42.8 Å². The van der Waals surface area contributed by atoms with E-state index in [4.69, 9.17) is 4.74 Å². The molecular formula is C12H17F3N4O. The van der Waals surface area contributed by atoms with Crippen LogP contribution in [0.3, 0.4) is 0 Å². The Morgan fingerprint density at radius 3 is 2.80 bits per heavy atom. The molecule has 1 unspecified atom stereocenters. The van der Waals surface area contributed by atoms with Gasteiger partial charge in [0.25, 0.3) is 0 Å².